The second-order valence-corrected chi connectivity index (χ2v) is 4.98. The van der Waals surface area contributed by atoms with Gasteiger partial charge in [-0.25, -0.2) is 0 Å². The average molecular weight is 301 g/mol. The Kier molecular flexibility index (Phi) is 5.48. The fourth-order valence-electron chi connectivity index (χ4n) is 2.52. The molecule has 20 heavy (non-hydrogen) atoms. The Morgan fingerprint density at radius 3 is 2.55 bits per heavy atom. The van der Waals surface area contributed by atoms with E-state index in [1.54, 1.807) is 14.2 Å². The Bertz CT molecular complexity index is 450. The first-order valence-electron chi connectivity index (χ1n) is 6.65. The van der Waals surface area contributed by atoms with E-state index in [1.807, 2.05) is 12.1 Å². The van der Waals surface area contributed by atoms with Gasteiger partial charge in [0.05, 0.1) is 32.5 Å². The van der Waals surface area contributed by atoms with E-state index in [0.717, 1.165) is 31.9 Å². The van der Waals surface area contributed by atoms with Gasteiger partial charge in [0.15, 0.2) is 11.5 Å². The molecule has 2 rings (SSSR count). The van der Waals surface area contributed by atoms with Crippen LogP contribution >= 0.6 is 11.6 Å². The van der Waals surface area contributed by atoms with Gasteiger partial charge in [-0.2, -0.15) is 0 Å². The number of benzene rings is 1. The van der Waals surface area contributed by atoms with Gasteiger partial charge in [-0.3, -0.25) is 4.90 Å². The molecule has 112 valence electrons. The Labute approximate surface area is 124 Å². The molecule has 0 radical (unpaired) electrons. The van der Waals surface area contributed by atoms with E-state index >= 15 is 0 Å². The third kappa shape index (κ3) is 3.01. The lowest BCUT2D eigenvalue weighted by Crippen LogP contribution is -2.41. The quantitative estimate of drug-likeness (QED) is 0.897. The highest BCUT2D eigenvalue weighted by Crippen LogP contribution is 2.40. The third-order valence-electron chi connectivity index (χ3n) is 3.58. The van der Waals surface area contributed by atoms with Crippen molar-refractivity contribution < 1.29 is 14.2 Å². The first-order chi connectivity index (χ1) is 9.72. The maximum Gasteiger partial charge on any atom is 0.179 e. The molecule has 1 aromatic carbocycles. The number of nitrogens with zero attached hydrogens (tertiary/aromatic N) is 1. The van der Waals surface area contributed by atoms with Crippen LogP contribution in [-0.4, -0.2) is 52.0 Å². The van der Waals surface area contributed by atoms with Crippen LogP contribution in [0, 0.1) is 0 Å². The molecule has 0 spiro atoms. The summed E-state index contributed by atoms with van der Waals surface area (Å²) in [5.41, 5.74) is 6.92. The van der Waals surface area contributed by atoms with Crippen molar-refractivity contribution in [1.82, 2.24) is 4.90 Å². The first-order valence-corrected chi connectivity index (χ1v) is 7.03. The van der Waals surface area contributed by atoms with Crippen molar-refractivity contribution in [1.29, 1.82) is 0 Å². The van der Waals surface area contributed by atoms with Crippen LogP contribution in [0.3, 0.4) is 0 Å². The summed E-state index contributed by atoms with van der Waals surface area (Å²) in [6.07, 6.45) is 0. The largest absolute Gasteiger partial charge is 0.493 e. The zero-order valence-corrected chi connectivity index (χ0v) is 12.7. The summed E-state index contributed by atoms with van der Waals surface area (Å²) >= 11 is 6.47. The molecule has 1 unspecified atom stereocenters. The Hall–Kier alpha value is -1.01. The van der Waals surface area contributed by atoms with Crippen molar-refractivity contribution >= 4 is 11.6 Å². The summed E-state index contributed by atoms with van der Waals surface area (Å²) in [7, 11) is 3.18. The van der Waals surface area contributed by atoms with Crippen LogP contribution in [0.5, 0.6) is 11.5 Å². The molecule has 0 amide bonds. The predicted octanol–water partition coefficient (Wildman–Crippen LogP) is 1.69. The standard InChI is InChI=1S/C14H21ClN2O3/c1-18-12-4-3-10(13(15)14(12)19-2)11(9-16)17-5-7-20-8-6-17/h3-4,11H,5-9,16H2,1-2H3. The van der Waals surface area contributed by atoms with Crippen molar-refractivity contribution in [2.45, 2.75) is 6.04 Å². The van der Waals surface area contributed by atoms with Gasteiger partial charge in [-0.15, -0.1) is 0 Å². The molecule has 1 saturated heterocycles. The highest BCUT2D eigenvalue weighted by Gasteiger charge is 2.25. The maximum atomic E-state index is 6.47. The molecule has 0 aromatic heterocycles. The second kappa shape index (κ2) is 7.13. The lowest BCUT2D eigenvalue weighted by Gasteiger charge is -2.34. The minimum absolute atomic E-state index is 0.0613. The number of morpholine rings is 1. The summed E-state index contributed by atoms with van der Waals surface area (Å²) in [5.74, 6) is 1.18. The molecule has 1 fully saturated rings. The number of ether oxygens (including phenoxy) is 3. The molecule has 1 aliphatic heterocycles. The molecule has 0 bridgehead atoms. The fourth-order valence-corrected chi connectivity index (χ4v) is 2.88. The number of methoxy groups -OCH3 is 2. The van der Waals surface area contributed by atoms with E-state index in [1.165, 1.54) is 0 Å². The lowest BCUT2D eigenvalue weighted by atomic mass is 10.0. The number of rotatable bonds is 5. The van der Waals surface area contributed by atoms with Crippen molar-refractivity contribution in [3.63, 3.8) is 0 Å². The van der Waals surface area contributed by atoms with Crippen LogP contribution in [0.1, 0.15) is 11.6 Å². The van der Waals surface area contributed by atoms with Gasteiger partial charge in [0.25, 0.3) is 0 Å². The molecule has 6 heteroatoms. The fraction of sp³-hybridized carbons (Fsp3) is 0.571. The van der Waals surface area contributed by atoms with Gasteiger partial charge in [0, 0.05) is 25.7 Å². The van der Waals surface area contributed by atoms with E-state index in [2.05, 4.69) is 4.90 Å². The first kappa shape index (κ1) is 15.4. The maximum absolute atomic E-state index is 6.47. The van der Waals surface area contributed by atoms with Crippen LogP contribution in [0.25, 0.3) is 0 Å². The molecular weight excluding hydrogens is 280 g/mol. The van der Waals surface area contributed by atoms with Crippen molar-refractivity contribution in [2.24, 2.45) is 5.73 Å². The number of hydrogen-bond donors (Lipinski definition) is 1. The van der Waals surface area contributed by atoms with E-state index in [-0.39, 0.29) is 6.04 Å². The van der Waals surface area contributed by atoms with Crippen LogP contribution in [0.15, 0.2) is 12.1 Å². The minimum Gasteiger partial charge on any atom is -0.493 e. The van der Waals surface area contributed by atoms with Crippen molar-refractivity contribution in [3.8, 4) is 11.5 Å². The molecule has 1 aliphatic rings. The molecule has 0 aliphatic carbocycles. The van der Waals surface area contributed by atoms with Crippen LogP contribution in [-0.2, 0) is 4.74 Å². The number of halogens is 1. The van der Waals surface area contributed by atoms with Crippen molar-refractivity contribution in [2.75, 3.05) is 47.1 Å². The zero-order chi connectivity index (χ0) is 14.5. The van der Waals surface area contributed by atoms with Crippen LogP contribution < -0.4 is 15.2 Å². The predicted molar refractivity (Wildman–Crippen MR) is 78.7 cm³/mol. The summed E-state index contributed by atoms with van der Waals surface area (Å²) < 4.78 is 16.0. The van der Waals surface area contributed by atoms with Gasteiger partial charge in [0.1, 0.15) is 0 Å². The highest BCUT2D eigenvalue weighted by atomic mass is 35.5. The smallest absolute Gasteiger partial charge is 0.179 e. The highest BCUT2D eigenvalue weighted by molar-refractivity contribution is 6.33. The molecule has 2 N–H and O–H groups in total. The Morgan fingerprint density at radius 2 is 2.00 bits per heavy atom. The second-order valence-electron chi connectivity index (χ2n) is 4.60. The molecular formula is C14H21ClN2O3. The van der Waals surface area contributed by atoms with Gasteiger partial charge >= 0.3 is 0 Å². The van der Waals surface area contributed by atoms with E-state index in [0.29, 0.717) is 23.1 Å². The monoisotopic (exact) mass is 300 g/mol. The lowest BCUT2D eigenvalue weighted by molar-refractivity contribution is 0.0178. The van der Waals surface area contributed by atoms with E-state index < -0.39 is 0 Å². The topological polar surface area (TPSA) is 57.0 Å². The average Bonchev–Trinajstić information content (AvgIpc) is 2.50. The van der Waals surface area contributed by atoms with Crippen molar-refractivity contribution in [3.05, 3.63) is 22.7 Å². The molecule has 1 heterocycles. The van der Waals surface area contributed by atoms with E-state index in [9.17, 15) is 0 Å². The summed E-state index contributed by atoms with van der Waals surface area (Å²) in [5, 5.41) is 0.564. The van der Waals surface area contributed by atoms with Gasteiger partial charge in [-0.1, -0.05) is 17.7 Å². The van der Waals surface area contributed by atoms with Crippen LogP contribution in [0.2, 0.25) is 5.02 Å². The van der Waals surface area contributed by atoms with Crippen LogP contribution in [0.4, 0.5) is 0 Å². The molecule has 1 atom stereocenters. The van der Waals surface area contributed by atoms with E-state index in [4.69, 9.17) is 31.5 Å². The Morgan fingerprint density at radius 1 is 1.30 bits per heavy atom. The third-order valence-corrected chi connectivity index (χ3v) is 3.97. The van der Waals surface area contributed by atoms with Gasteiger partial charge in [0.2, 0.25) is 0 Å². The summed E-state index contributed by atoms with van der Waals surface area (Å²) in [4.78, 5) is 2.29. The van der Waals surface area contributed by atoms with Gasteiger partial charge < -0.3 is 19.9 Å². The van der Waals surface area contributed by atoms with Gasteiger partial charge in [-0.05, 0) is 11.6 Å². The molecule has 0 saturated carbocycles. The summed E-state index contributed by atoms with van der Waals surface area (Å²) in [6.45, 7) is 3.65. The Balaban J connectivity index is 2.34. The minimum atomic E-state index is 0.0613. The number of hydrogen-bond acceptors (Lipinski definition) is 5. The SMILES string of the molecule is COc1ccc(C(CN)N2CCOCC2)c(Cl)c1OC. The molecule has 5 nitrogen and oxygen atoms in total. The number of nitrogens with two attached hydrogens (primary N) is 1. The molecule has 1 aromatic rings. The zero-order valence-electron chi connectivity index (χ0n) is 11.9. The normalized spacial score (nSPS) is 17.8. The summed E-state index contributed by atoms with van der Waals surface area (Å²) in [6, 6.07) is 3.88.